The standard InChI is InChI=1S/C11H13BN2O4/c1-8-4-3-5-9(13-8)12-17-10(15)6-14(2)7-11(16)18-12/h3-5H,6-7H2,1-2H3. The predicted molar refractivity (Wildman–Crippen MR) is 64.0 cm³/mol. The Hall–Kier alpha value is -1.89. The zero-order valence-electron chi connectivity index (χ0n) is 10.3. The summed E-state index contributed by atoms with van der Waals surface area (Å²) in [5.74, 6) is -0.892. The summed E-state index contributed by atoms with van der Waals surface area (Å²) in [5, 5.41) is 0. The maximum atomic E-state index is 11.5. The first-order valence-corrected chi connectivity index (χ1v) is 5.55. The summed E-state index contributed by atoms with van der Waals surface area (Å²) in [4.78, 5) is 28.8. The van der Waals surface area contributed by atoms with Gasteiger partial charge in [0.25, 0.3) is 0 Å². The zero-order valence-corrected chi connectivity index (χ0v) is 10.3. The molecule has 94 valence electrons. The molecule has 1 aliphatic rings. The van der Waals surface area contributed by atoms with Gasteiger partial charge in [-0.1, -0.05) is 6.07 Å². The maximum Gasteiger partial charge on any atom is 0.656 e. The Bertz CT molecular complexity index is 460. The van der Waals surface area contributed by atoms with Crippen LogP contribution >= 0.6 is 0 Å². The summed E-state index contributed by atoms with van der Waals surface area (Å²) in [7, 11) is 0.590. The van der Waals surface area contributed by atoms with Crippen LogP contribution in [-0.4, -0.2) is 49.1 Å². The second-order valence-corrected chi connectivity index (χ2v) is 4.19. The molecule has 2 heterocycles. The van der Waals surface area contributed by atoms with Crippen molar-refractivity contribution < 1.29 is 18.9 Å². The molecule has 6 nitrogen and oxygen atoms in total. The van der Waals surface area contributed by atoms with E-state index in [0.29, 0.717) is 5.59 Å². The Kier molecular flexibility index (Phi) is 3.62. The van der Waals surface area contributed by atoms with Gasteiger partial charge in [-0.3, -0.25) is 19.5 Å². The Balaban J connectivity index is 2.20. The van der Waals surface area contributed by atoms with Gasteiger partial charge in [0.15, 0.2) is 0 Å². The number of pyridine rings is 1. The van der Waals surface area contributed by atoms with E-state index in [2.05, 4.69) is 4.98 Å². The van der Waals surface area contributed by atoms with E-state index < -0.39 is 19.1 Å². The molecule has 1 saturated heterocycles. The summed E-state index contributed by atoms with van der Waals surface area (Å²) in [5.41, 5.74) is 1.18. The monoisotopic (exact) mass is 248 g/mol. The molecule has 0 radical (unpaired) electrons. The smallest absolute Gasteiger partial charge is 0.493 e. The Labute approximate surface area is 105 Å². The van der Waals surface area contributed by atoms with Crippen molar-refractivity contribution in [1.82, 2.24) is 9.88 Å². The van der Waals surface area contributed by atoms with Crippen LogP contribution in [0.15, 0.2) is 18.2 Å². The van der Waals surface area contributed by atoms with Crippen LogP contribution in [0.4, 0.5) is 0 Å². The van der Waals surface area contributed by atoms with Crippen molar-refractivity contribution in [3.8, 4) is 0 Å². The fourth-order valence-corrected chi connectivity index (χ4v) is 1.65. The average Bonchev–Trinajstić information content (AvgIpc) is 2.25. The topological polar surface area (TPSA) is 68.7 Å². The van der Waals surface area contributed by atoms with Crippen LogP contribution < -0.4 is 5.59 Å². The molecule has 0 atom stereocenters. The molecule has 1 aliphatic heterocycles. The third kappa shape index (κ3) is 3.07. The molecule has 0 unspecified atom stereocenters. The summed E-state index contributed by atoms with van der Waals surface area (Å²) < 4.78 is 10.2. The van der Waals surface area contributed by atoms with Crippen LogP contribution in [0, 0.1) is 6.92 Å². The third-order valence-electron chi connectivity index (χ3n) is 2.43. The van der Waals surface area contributed by atoms with E-state index in [1.807, 2.05) is 13.0 Å². The number of carbonyl (C=O) groups excluding carboxylic acids is 2. The minimum absolute atomic E-state index is 0.0530. The molecule has 18 heavy (non-hydrogen) atoms. The number of aromatic nitrogens is 1. The summed E-state index contributed by atoms with van der Waals surface area (Å²) in [6, 6.07) is 5.23. The molecule has 0 bridgehead atoms. The van der Waals surface area contributed by atoms with E-state index >= 15 is 0 Å². The largest absolute Gasteiger partial charge is 0.656 e. The zero-order chi connectivity index (χ0) is 13.1. The van der Waals surface area contributed by atoms with E-state index in [4.69, 9.17) is 9.31 Å². The lowest BCUT2D eigenvalue weighted by atomic mass is 9.83. The summed E-state index contributed by atoms with van der Waals surface area (Å²) in [6.45, 7) is 1.92. The van der Waals surface area contributed by atoms with Gasteiger partial charge in [-0.15, -0.1) is 0 Å². The number of carbonyl (C=O) groups is 2. The van der Waals surface area contributed by atoms with Gasteiger partial charge in [0, 0.05) is 5.69 Å². The minimum Gasteiger partial charge on any atom is -0.493 e. The first-order chi connectivity index (χ1) is 8.54. The van der Waals surface area contributed by atoms with Crippen LogP contribution in [0.3, 0.4) is 0 Å². The fourth-order valence-electron chi connectivity index (χ4n) is 1.65. The molecule has 2 rings (SSSR count). The molecule has 0 aliphatic carbocycles. The van der Waals surface area contributed by atoms with E-state index in [0.717, 1.165) is 5.69 Å². The molecule has 0 saturated carbocycles. The van der Waals surface area contributed by atoms with Gasteiger partial charge in [0.05, 0.1) is 13.1 Å². The fraction of sp³-hybridized carbons (Fsp3) is 0.364. The quantitative estimate of drug-likeness (QED) is 0.601. The van der Waals surface area contributed by atoms with Crippen molar-refractivity contribution in [2.24, 2.45) is 0 Å². The highest BCUT2D eigenvalue weighted by Gasteiger charge is 2.34. The molecule has 0 spiro atoms. The highest BCUT2D eigenvalue weighted by atomic mass is 16.6. The van der Waals surface area contributed by atoms with Crippen LogP contribution in [-0.2, 0) is 18.9 Å². The summed E-state index contributed by atoms with van der Waals surface area (Å²) >= 11 is 0. The number of rotatable bonds is 1. The molecule has 1 aromatic rings. The van der Waals surface area contributed by atoms with Gasteiger partial charge in [0.2, 0.25) is 0 Å². The molecule has 1 aromatic heterocycles. The van der Waals surface area contributed by atoms with Crippen molar-refractivity contribution >= 4 is 24.7 Å². The Morgan fingerprint density at radius 3 is 2.39 bits per heavy atom. The number of hydrogen-bond acceptors (Lipinski definition) is 6. The van der Waals surface area contributed by atoms with E-state index in [1.54, 1.807) is 19.2 Å². The van der Waals surface area contributed by atoms with Crippen molar-refractivity contribution in [2.45, 2.75) is 6.92 Å². The van der Waals surface area contributed by atoms with Gasteiger partial charge in [-0.05, 0) is 26.1 Å². The van der Waals surface area contributed by atoms with Crippen LogP contribution in [0.2, 0.25) is 0 Å². The van der Waals surface area contributed by atoms with E-state index in [1.165, 1.54) is 4.90 Å². The van der Waals surface area contributed by atoms with Crippen molar-refractivity contribution in [1.29, 1.82) is 0 Å². The highest BCUT2D eigenvalue weighted by molar-refractivity contribution is 6.63. The Morgan fingerprint density at radius 1 is 1.22 bits per heavy atom. The third-order valence-corrected chi connectivity index (χ3v) is 2.43. The van der Waals surface area contributed by atoms with E-state index in [-0.39, 0.29) is 13.1 Å². The highest BCUT2D eigenvalue weighted by Crippen LogP contribution is 2.00. The van der Waals surface area contributed by atoms with Gasteiger partial charge >= 0.3 is 19.1 Å². The number of likely N-dealkylation sites (N-methyl/N-ethyl adjacent to an activating group) is 1. The normalized spacial score (nSPS) is 17.8. The lowest BCUT2D eigenvalue weighted by molar-refractivity contribution is -0.145. The molecular weight excluding hydrogens is 235 g/mol. The van der Waals surface area contributed by atoms with Crippen LogP contribution in [0.25, 0.3) is 0 Å². The molecule has 0 aromatic carbocycles. The molecule has 0 N–H and O–H groups in total. The van der Waals surface area contributed by atoms with Crippen molar-refractivity contribution in [2.75, 3.05) is 20.1 Å². The average molecular weight is 248 g/mol. The lowest BCUT2D eigenvalue weighted by Gasteiger charge is -2.22. The maximum absolute atomic E-state index is 11.5. The van der Waals surface area contributed by atoms with Gasteiger partial charge in [-0.2, -0.15) is 0 Å². The van der Waals surface area contributed by atoms with Crippen molar-refractivity contribution in [3.63, 3.8) is 0 Å². The molecule has 7 heteroatoms. The first-order valence-electron chi connectivity index (χ1n) is 5.55. The van der Waals surface area contributed by atoms with Crippen LogP contribution in [0.5, 0.6) is 0 Å². The SMILES string of the molecule is Cc1cccc(B2OC(=O)CN(C)CC(=O)O2)n1. The number of nitrogens with zero attached hydrogens (tertiary/aromatic N) is 2. The van der Waals surface area contributed by atoms with Gasteiger partial charge in [-0.25, -0.2) is 0 Å². The van der Waals surface area contributed by atoms with E-state index in [9.17, 15) is 9.59 Å². The van der Waals surface area contributed by atoms with Crippen LogP contribution in [0.1, 0.15) is 5.69 Å². The van der Waals surface area contributed by atoms with Crippen molar-refractivity contribution in [3.05, 3.63) is 23.9 Å². The second kappa shape index (κ2) is 5.18. The van der Waals surface area contributed by atoms with Gasteiger partial charge < -0.3 is 9.31 Å². The Morgan fingerprint density at radius 2 is 1.83 bits per heavy atom. The predicted octanol–water partition coefficient (Wildman–Crippen LogP) is -0.883. The van der Waals surface area contributed by atoms with Gasteiger partial charge in [0.1, 0.15) is 5.59 Å². The first kappa shape index (κ1) is 12.6. The number of aryl methyl sites for hydroxylation is 1. The number of hydrogen-bond donors (Lipinski definition) is 0. The lowest BCUT2D eigenvalue weighted by Crippen LogP contribution is -2.48. The molecule has 1 fully saturated rings. The molecule has 0 amide bonds. The summed E-state index contributed by atoms with van der Waals surface area (Å²) in [6.07, 6.45) is 0. The second-order valence-electron chi connectivity index (χ2n) is 4.19. The molecular formula is C11H13BN2O4. The minimum atomic E-state index is -1.06.